The smallest absolute Gasteiger partial charge is 0.162 e. The number of hydrogen-bond donors (Lipinski definition) is 1. The summed E-state index contributed by atoms with van der Waals surface area (Å²) in [5.41, 5.74) is 4.82. The second-order valence-corrected chi connectivity index (χ2v) is 9.26. The minimum absolute atomic E-state index is 0.180. The van der Waals surface area contributed by atoms with E-state index in [-0.39, 0.29) is 17.6 Å². The molecule has 1 aromatic heterocycles. The lowest BCUT2D eigenvalue weighted by molar-refractivity contribution is -0.116. The van der Waals surface area contributed by atoms with E-state index in [1.165, 1.54) is 4.88 Å². The maximum absolute atomic E-state index is 13.5. The summed E-state index contributed by atoms with van der Waals surface area (Å²) >= 11 is 7.87. The van der Waals surface area contributed by atoms with Crippen molar-refractivity contribution in [2.24, 2.45) is 0 Å². The van der Waals surface area contributed by atoms with E-state index >= 15 is 0 Å². The number of Topliss-reactive ketones (excluding diaryl/α,β-unsaturated/α-hetero) is 1. The molecule has 2 aliphatic rings. The van der Waals surface area contributed by atoms with Gasteiger partial charge in [0, 0.05) is 51.2 Å². The van der Waals surface area contributed by atoms with E-state index in [2.05, 4.69) is 16.8 Å². The summed E-state index contributed by atoms with van der Waals surface area (Å²) in [5.74, 6) is 1.51. The summed E-state index contributed by atoms with van der Waals surface area (Å²) in [5, 5.41) is 6.30. The van der Waals surface area contributed by atoms with Gasteiger partial charge in [-0.05, 0) is 47.2 Å². The Balaban J connectivity index is 1.67. The van der Waals surface area contributed by atoms with Crippen LogP contribution in [0.25, 0.3) is 0 Å². The van der Waals surface area contributed by atoms with Crippen LogP contribution in [-0.4, -0.2) is 20.0 Å². The SMILES string of the molecule is COc1cc2c(cc1OC)[C@H](c1ccc(Cl)cc1)C1=C(C[C@@H](c3cccs3)CC1=O)N2. The van der Waals surface area contributed by atoms with Gasteiger partial charge < -0.3 is 14.8 Å². The largest absolute Gasteiger partial charge is 0.493 e. The average Bonchev–Trinajstić information content (AvgIpc) is 3.32. The molecule has 1 aliphatic heterocycles. The zero-order valence-electron chi connectivity index (χ0n) is 17.3. The molecule has 6 heteroatoms. The minimum Gasteiger partial charge on any atom is -0.493 e. The van der Waals surface area contributed by atoms with Crippen molar-refractivity contribution in [1.82, 2.24) is 0 Å². The van der Waals surface area contributed by atoms with Crippen LogP contribution in [0.15, 0.2) is 65.2 Å². The van der Waals surface area contributed by atoms with Crippen LogP contribution < -0.4 is 14.8 Å². The molecule has 0 amide bonds. The summed E-state index contributed by atoms with van der Waals surface area (Å²) in [7, 11) is 3.26. The van der Waals surface area contributed by atoms with E-state index in [0.29, 0.717) is 22.9 Å². The first-order chi connectivity index (χ1) is 15.1. The molecule has 2 heterocycles. The predicted octanol–water partition coefficient (Wildman–Crippen LogP) is 6.38. The number of benzene rings is 2. The van der Waals surface area contributed by atoms with E-state index in [0.717, 1.165) is 34.5 Å². The van der Waals surface area contributed by atoms with E-state index in [1.807, 2.05) is 42.5 Å². The third kappa shape index (κ3) is 3.52. The van der Waals surface area contributed by atoms with Gasteiger partial charge in [-0.1, -0.05) is 29.8 Å². The van der Waals surface area contributed by atoms with E-state index < -0.39 is 0 Å². The molecule has 0 fully saturated rings. The molecular formula is C25H22ClNO3S. The number of rotatable bonds is 4. The van der Waals surface area contributed by atoms with E-state index in [9.17, 15) is 4.79 Å². The number of carbonyl (C=O) groups excluding carboxylic acids is 1. The van der Waals surface area contributed by atoms with E-state index in [1.54, 1.807) is 25.6 Å². The van der Waals surface area contributed by atoms with Gasteiger partial charge in [0.15, 0.2) is 17.3 Å². The second kappa shape index (κ2) is 8.06. The van der Waals surface area contributed by atoms with Gasteiger partial charge in [-0.2, -0.15) is 0 Å². The lowest BCUT2D eigenvalue weighted by atomic mass is 9.73. The lowest BCUT2D eigenvalue weighted by Crippen LogP contribution is -2.29. The molecule has 31 heavy (non-hydrogen) atoms. The van der Waals surface area contributed by atoms with Crippen LogP contribution in [0.1, 0.15) is 40.7 Å². The number of methoxy groups -OCH3 is 2. The van der Waals surface area contributed by atoms with Gasteiger partial charge >= 0.3 is 0 Å². The van der Waals surface area contributed by atoms with Crippen molar-refractivity contribution < 1.29 is 14.3 Å². The molecule has 0 saturated heterocycles. The van der Waals surface area contributed by atoms with Gasteiger partial charge in [0.1, 0.15) is 0 Å². The number of hydrogen-bond acceptors (Lipinski definition) is 5. The van der Waals surface area contributed by atoms with Crippen LogP contribution in [-0.2, 0) is 4.79 Å². The fourth-order valence-corrected chi connectivity index (χ4v) is 5.63. The van der Waals surface area contributed by atoms with Crippen molar-refractivity contribution in [2.45, 2.75) is 24.7 Å². The Bertz CT molecular complexity index is 1170. The molecule has 0 bridgehead atoms. The summed E-state index contributed by atoms with van der Waals surface area (Å²) in [6.07, 6.45) is 1.33. The Morgan fingerprint density at radius 2 is 1.77 bits per heavy atom. The van der Waals surface area contributed by atoms with Gasteiger partial charge in [0.05, 0.1) is 14.2 Å². The first-order valence-electron chi connectivity index (χ1n) is 10.2. The number of halogens is 1. The van der Waals surface area contributed by atoms with Crippen molar-refractivity contribution in [3.63, 3.8) is 0 Å². The maximum Gasteiger partial charge on any atom is 0.162 e. The Labute approximate surface area is 190 Å². The summed E-state index contributed by atoms with van der Waals surface area (Å²) < 4.78 is 11.1. The standard InChI is InChI=1S/C25H22ClNO3S/c1-29-21-12-17-18(13-22(21)30-2)27-19-10-15(23-4-3-9-31-23)11-20(28)25(19)24(17)14-5-7-16(26)8-6-14/h3-9,12-13,15,24,27H,10-11H2,1-2H3/t15-,24+/m1/s1. The van der Waals surface area contributed by atoms with Crippen molar-refractivity contribution >= 4 is 34.4 Å². The number of allylic oxidation sites excluding steroid dienone is 2. The molecule has 158 valence electrons. The third-order valence-corrected chi connectivity index (χ3v) is 7.38. The molecule has 3 aromatic rings. The van der Waals surface area contributed by atoms with Crippen LogP contribution in [0.2, 0.25) is 5.02 Å². The molecular weight excluding hydrogens is 430 g/mol. The highest BCUT2D eigenvalue weighted by molar-refractivity contribution is 7.10. The summed E-state index contributed by atoms with van der Waals surface area (Å²) in [4.78, 5) is 14.7. The maximum atomic E-state index is 13.5. The fraction of sp³-hybridized carbons (Fsp3) is 0.240. The van der Waals surface area contributed by atoms with Crippen molar-refractivity contribution in [3.8, 4) is 11.5 Å². The van der Waals surface area contributed by atoms with Gasteiger partial charge in [0.25, 0.3) is 0 Å². The lowest BCUT2D eigenvalue weighted by Gasteiger charge is -2.36. The monoisotopic (exact) mass is 451 g/mol. The molecule has 0 unspecified atom stereocenters. The molecule has 0 spiro atoms. The zero-order valence-corrected chi connectivity index (χ0v) is 18.8. The normalized spacial score (nSPS) is 20.0. The van der Waals surface area contributed by atoms with Gasteiger partial charge in [-0.25, -0.2) is 0 Å². The molecule has 2 aromatic carbocycles. The molecule has 1 aliphatic carbocycles. The Morgan fingerprint density at radius 1 is 1.03 bits per heavy atom. The Hall–Kier alpha value is -2.76. The number of anilines is 1. The average molecular weight is 452 g/mol. The number of carbonyl (C=O) groups is 1. The molecule has 1 N–H and O–H groups in total. The van der Waals surface area contributed by atoms with Crippen LogP contribution in [0, 0.1) is 0 Å². The topological polar surface area (TPSA) is 47.6 Å². The zero-order chi connectivity index (χ0) is 21.5. The highest BCUT2D eigenvalue weighted by Gasteiger charge is 2.39. The number of nitrogens with one attached hydrogen (secondary N) is 1. The molecule has 5 rings (SSSR count). The Morgan fingerprint density at radius 3 is 2.45 bits per heavy atom. The molecule has 0 saturated carbocycles. The highest BCUT2D eigenvalue weighted by Crippen LogP contribution is 2.50. The van der Waals surface area contributed by atoms with Crippen LogP contribution >= 0.6 is 22.9 Å². The van der Waals surface area contributed by atoms with Crippen molar-refractivity contribution in [3.05, 3.63) is 86.2 Å². The predicted molar refractivity (Wildman–Crippen MR) is 125 cm³/mol. The van der Waals surface area contributed by atoms with Gasteiger partial charge in [-0.15, -0.1) is 11.3 Å². The molecule has 4 nitrogen and oxygen atoms in total. The first-order valence-corrected chi connectivity index (χ1v) is 11.4. The van der Waals surface area contributed by atoms with Crippen molar-refractivity contribution in [2.75, 3.05) is 19.5 Å². The van der Waals surface area contributed by atoms with E-state index in [4.69, 9.17) is 21.1 Å². The highest BCUT2D eigenvalue weighted by atomic mass is 35.5. The second-order valence-electron chi connectivity index (χ2n) is 7.84. The van der Waals surface area contributed by atoms with Crippen LogP contribution in [0.4, 0.5) is 5.69 Å². The number of thiophene rings is 1. The number of fused-ring (bicyclic) bond motifs is 1. The van der Waals surface area contributed by atoms with Crippen LogP contribution in [0.5, 0.6) is 11.5 Å². The first kappa shape index (κ1) is 20.2. The van der Waals surface area contributed by atoms with Gasteiger partial charge in [0.2, 0.25) is 0 Å². The third-order valence-electron chi connectivity index (χ3n) is 6.10. The van der Waals surface area contributed by atoms with Gasteiger partial charge in [-0.3, -0.25) is 4.79 Å². The number of ketones is 1. The van der Waals surface area contributed by atoms with Crippen molar-refractivity contribution in [1.29, 1.82) is 0 Å². The molecule has 2 atom stereocenters. The Kier molecular flexibility index (Phi) is 5.24. The fourth-order valence-electron chi connectivity index (χ4n) is 4.67. The quantitative estimate of drug-likeness (QED) is 0.500. The van der Waals surface area contributed by atoms with Crippen LogP contribution in [0.3, 0.4) is 0 Å². The minimum atomic E-state index is -0.180. The molecule has 0 radical (unpaired) electrons. The summed E-state index contributed by atoms with van der Waals surface area (Å²) in [6.45, 7) is 0. The number of ether oxygens (including phenoxy) is 2. The summed E-state index contributed by atoms with van der Waals surface area (Å²) in [6, 6.07) is 15.9.